The van der Waals surface area contributed by atoms with Crippen molar-refractivity contribution in [3.8, 4) is 0 Å². The minimum atomic E-state index is -1.49. The van der Waals surface area contributed by atoms with Crippen LogP contribution in [0, 0.1) is 0 Å². The van der Waals surface area contributed by atoms with E-state index in [1.807, 2.05) is 6.07 Å². The summed E-state index contributed by atoms with van der Waals surface area (Å²) in [6.07, 6.45) is -2.81. The summed E-state index contributed by atoms with van der Waals surface area (Å²) in [4.78, 5) is 38.3. The Bertz CT molecular complexity index is 1060. The molecule has 0 saturated carbocycles. The number of halogens is 1. The van der Waals surface area contributed by atoms with Gasteiger partial charge in [0, 0.05) is 13.1 Å². The molecule has 2 aliphatic rings. The van der Waals surface area contributed by atoms with Crippen LogP contribution in [0.25, 0.3) is 0 Å². The fourth-order valence-electron chi connectivity index (χ4n) is 3.88. The van der Waals surface area contributed by atoms with E-state index in [0.717, 1.165) is 11.3 Å². The summed E-state index contributed by atoms with van der Waals surface area (Å²) in [5, 5.41) is 12.1. The Morgan fingerprint density at radius 1 is 1.32 bits per heavy atom. The number of piperazine rings is 1. The van der Waals surface area contributed by atoms with Crippen molar-refractivity contribution in [3.05, 3.63) is 40.9 Å². The van der Waals surface area contributed by atoms with E-state index < -0.39 is 35.8 Å². The van der Waals surface area contributed by atoms with Crippen LogP contribution in [0.3, 0.4) is 0 Å². The van der Waals surface area contributed by atoms with Crippen LogP contribution in [0.1, 0.15) is 29.2 Å². The average molecular weight is 493 g/mol. The second kappa shape index (κ2) is 9.89. The first-order valence-corrected chi connectivity index (χ1v) is 11.6. The van der Waals surface area contributed by atoms with Crippen LogP contribution in [0.5, 0.6) is 0 Å². The Balaban J connectivity index is 1.44. The van der Waals surface area contributed by atoms with Gasteiger partial charge in [0.05, 0.1) is 19.7 Å². The standard InChI is InChI=1S/C21H25FN6O5S/c1-3-32-17(29)16-24-25-19(34-16)28-10-9-27(12-15(28)22)26-18(30)21(2,13-7-5-4-6-8-13)14-11-23-20(31)33-14/h4-8,14-15H,3,9-12H2,1-2H3,(H,23,31)(H,26,30). The number of nitrogens with zero attached hydrogens (tertiary/aromatic N) is 4. The maximum atomic E-state index is 15.0. The molecule has 0 radical (unpaired) electrons. The average Bonchev–Trinajstić information content (AvgIpc) is 3.49. The van der Waals surface area contributed by atoms with Gasteiger partial charge in [-0.2, -0.15) is 0 Å². The second-order valence-electron chi connectivity index (χ2n) is 7.97. The SMILES string of the molecule is CCOC(=O)c1nnc(N2CCN(NC(=O)C(C)(c3ccccc3)C3CNC(=O)O3)CC2F)s1. The zero-order chi connectivity index (χ0) is 24.3. The van der Waals surface area contributed by atoms with Crippen LogP contribution in [0.15, 0.2) is 30.3 Å². The number of anilines is 1. The van der Waals surface area contributed by atoms with Gasteiger partial charge in [0.1, 0.15) is 11.5 Å². The lowest BCUT2D eigenvalue weighted by Crippen LogP contribution is -2.61. The van der Waals surface area contributed by atoms with Crippen LogP contribution < -0.4 is 15.6 Å². The maximum Gasteiger partial charge on any atom is 0.407 e. The molecule has 4 rings (SSSR count). The zero-order valence-electron chi connectivity index (χ0n) is 18.7. The van der Waals surface area contributed by atoms with E-state index in [1.54, 1.807) is 38.1 Å². The topological polar surface area (TPSA) is 126 Å². The van der Waals surface area contributed by atoms with Crippen molar-refractivity contribution in [2.24, 2.45) is 0 Å². The third kappa shape index (κ3) is 4.66. The molecule has 3 unspecified atom stereocenters. The number of amides is 2. The first-order valence-electron chi connectivity index (χ1n) is 10.8. The molecule has 1 aromatic heterocycles. The molecule has 3 heterocycles. The Hall–Kier alpha value is -3.32. The number of rotatable bonds is 7. The molecule has 0 bridgehead atoms. The molecule has 1 aromatic carbocycles. The van der Waals surface area contributed by atoms with Crippen molar-refractivity contribution < 1.29 is 28.2 Å². The van der Waals surface area contributed by atoms with E-state index in [-0.39, 0.29) is 36.4 Å². The highest BCUT2D eigenvalue weighted by Crippen LogP contribution is 2.32. The minimum absolute atomic E-state index is 0.0538. The number of benzene rings is 1. The number of hydrazine groups is 1. The van der Waals surface area contributed by atoms with Gasteiger partial charge in [0.25, 0.3) is 0 Å². The third-order valence-electron chi connectivity index (χ3n) is 5.86. The molecule has 13 heteroatoms. The Labute approximate surface area is 199 Å². The molecular formula is C21H25FN6O5S. The van der Waals surface area contributed by atoms with Gasteiger partial charge in [-0.15, -0.1) is 10.2 Å². The third-order valence-corrected chi connectivity index (χ3v) is 6.80. The van der Waals surface area contributed by atoms with Crippen LogP contribution >= 0.6 is 11.3 Å². The highest BCUT2D eigenvalue weighted by Gasteiger charge is 2.48. The summed E-state index contributed by atoms with van der Waals surface area (Å²) >= 11 is 0.953. The summed E-state index contributed by atoms with van der Waals surface area (Å²) in [6.45, 7) is 4.14. The van der Waals surface area contributed by atoms with Gasteiger partial charge in [-0.3, -0.25) is 10.2 Å². The Kier molecular flexibility index (Phi) is 6.93. The zero-order valence-corrected chi connectivity index (χ0v) is 19.5. The summed E-state index contributed by atoms with van der Waals surface area (Å²) in [6, 6.07) is 9.01. The van der Waals surface area contributed by atoms with Gasteiger partial charge in [-0.25, -0.2) is 19.0 Å². The van der Waals surface area contributed by atoms with Gasteiger partial charge >= 0.3 is 12.1 Å². The normalized spacial score (nSPS) is 22.4. The number of nitrogens with one attached hydrogen (secondary N) is 2. The predicted octanol–water partition coefficient (Wildman–Crippen LogP) is 1.23. The fourth-order valence-corrected chi connectivity index (χ4v) is 4.68. The first kappa shape index (κ1) is 23.8. The molecular weight excluding hydrogens is 467 g/mol. The summed E-state index contributed by atoms with van der Waals surface area (Å²) < 4.78 is 25.3. The number of hydrogen-bond donors (Lipinski definition) is 2. The molecule has 0 spiro atoms. The summed E-state index contributed by atoms with van der Waals surface area (Å²) in [5.41, 5.74) is 2.27. The summed E-state index contributed by atoms with van der Waals surface area (Å²) in [5.74, 6) is -1.02. The molecule has 2 fully saturated rings. The van der Waals surface area contributed by atoms with Gasteiger partial charge in [0.15, 0.2) is 6.30 Å². The van der Waals surface area contributed by atoms with Crippen LogP contribution in [0.2, 0.25) is 0 Å². The van der Waals surface area contributed by atoms with E-state index in [0.29, 0.717) is 12.1 Å². The molecule has 2 aromatic rings. The molecule has 182 valence electrons. The lowest BCUT2D eigenvalue weighted by atomic mass is 9.76. The van der Waals surface area contributed by atoms with Gasteiger partial charge in [-0.1, -0.05) is 41.7 Å². The largest absolute Gasteiger partial charge is 0.461 e. The van der Waals surface area contributed by atoms with Crippen molar-refractivity contribution in [2.45, 2.75) is 31.7 Å². The molecule has 3 atom stereocenters. The van der Waals surface area contributed by atoms with Crippen molar-refractivity contribution in [3.63, 3.8) is 0 Å². The van der Waals surface area contributed by atoms with E-state index in [4.69, 9.17) is 9.47 Å². The van der Waals surface area contributed by atoms with Gasteiger partial charge in [0.2, 0.25) is 16.0 Å². The molecule has 34 heavy (non-hydrogen) atoms. The van der Waals surface area contributed by atoms with E-state index >= 15 is 4.39 Å². The van der Waals surface area contributed by atoms with Gasteiger partial charge < -0.3 is 19.7 Å². The molecule has 11 nitrogen and oxygen atoms in total. The van der Waals surface area contributed by atoms with E-state index in [1.165, 1.54) is 9.91 Å². The highest BCUT2D eigenvalue weighted by molar-refractivity contribution is 7.17. The van der Waals surface area contributed by atoms with Crippen molar-refractivity contribution >= 4 is 34.4 Å². The molecule has 0 aliphatic carbocycles. The number of carbonyl (C=O) groups is 3. The smallest absolute Gasteiger partial charge is 0.407 e. The van der Waals surface area contributed by atoms with E-state index in [9.17, 15) is 14.4 Å². The molecule has 2 saturated heterocycles. The van der Waals surface area contributed by atoms with Crippen LogP contribution in [0.4, 0.5) is 14.3 Å². The number of alkyl carbamates (subject to hydrolysis) is 1. The maximum absolute atomic E-state index is 15.0. The number of aromatic nitrogens is 2. The predicted molar refractivity (Wildman–Crippen MR) is 120 cm³/mol. The molecule has 2 amide bonds. The Morgan fingerprint density at radius 2 is 2.09 bits per heavy atom. The minimum Gasteiger partial charge on any atom is -0.461 e. The molecule has 2 N–H and O–H groups in total. The number of carbonyl (C=O) groups excluding carboxylic acids is 3. The first-order chi connectivity index (χ1) is 16.3. The second-order valence-corrected chi connectivity index (χ2v) is 8.92. The van der Waals surface area contributed by atoms with Crippen molar-refractivity contribution in [1.82, 2.24) is 25.9 Å². The monoisotopic (exact) mass is 492 g/mol. The van der Waals surface area contributed by atoms with Crippen molar-refractivity contribution in [2.75, 3.05) is 37.7 Å². The van der Waals surface area contributed by atoms with E-state index in [2.05, 4.69) is 20.9 Å². The number of cyclic esters (lactones) is 1. The number of alkyl halides is 1. The van der Waals surface area contributed by atoms with Gasteiger partial charge in [-0.05, 0) is 19.4 Å². The molecule has 2 aliphatic heterocycles. The lowest BCUT2D eigenvalue weighted by Gasteiger charge is -2.39. The Morgan fingerprint density at radius 3 is 2.74 bits per heavy atom. The highest BCUT2D eigenvalue weighted by atomic mass is 32.1. The van der Waals surface area contributed by atoms with Crippen LogP contribution in [-0.4, -0.2) is 78.4 Å². The summed E-state index contributed by atoms with van der Waals surface area (Å²) in [7, 11) is 0. The number of esters is 1. The number of hydrogen-bond acceptors (Lipinski definition) is 10. The fraction of sp³-hybridized carbons (Fsp3) is 0.476. The number of ether oxygens (including phenoxy) is 2. The lowest BCUT2D eigenvalue weighted by molar-refractivity contribution is -0.135. The van der Waals surface area contributed by atoms with Crippen LogP contribution in [-0.2, 0) is 19.7 Å². The quantitative estimate of drug-likeness (QED) is 0.433. The van der Waals surface area contributed by atoms with Crippen molar-refractivity contribution in [1.29, 1.82) is 0 Å².